The van der Waals surface area contributed by atoms with Gasteiger partial charge in [-0.05, 0) is 43.8 Å². The van der Waals surface area contributed by atoms with Crippen LogP contribution in [0.5, 0.6) is 0 Å². The molecule has 3 N–H and O–H groups in total. The van der Waals surface area contributed by atoms with Gasteiger partial charge in [0.2, 0.25) is 0 Å². The molecule has 1 heterocycles. The minimum Gasteiger partial charge on any atom is -0.409 e. The third-order valence-electron chi connectivity index (χ3n) is 4.43. The van der Waals surface area contributed by atoms with Crippen molar-refractivity contribution in [1.82, 2.24) is 4.90 Å². The molecular formula is C17H27N3O. The molecule has 0 bridgehead atoms. The number of nitrogens with zero attached hydrogens (tertiary/aromatic N) is 2. The van der Waals surface area contributed by atoms with Gasteiger partial charge >= 0.3 is 0 Å². The maximum Gasteiger partial charge on any atom is 0.170 e. The van der Waals surface area contributed by atoms with Crippen LogP contribution in [-0.4, -0.2) is 29.0 Å². The number of likely N-dealkylation sites (tertiary alicyclic amines) is 1. The van der Waals surface area contributed by atoms with Gasteiger partial charge in [0.05, 0.1) is 0 Å². The molecule has 4 heteroatoms. The third kappa shape index (κ3) is 4.46. The molecule has 0 amide bonds. The minimum atomic E-state index is 0.198. The number of nitrogens with two attached hydrogens (primary N) is 1. The first-order chi connectivity index (χ1) is 10.2. The van der Waals surface area contributed by atoms with Gasteiger partial charge in [0.15, 0.2) is 5.84 Å². The van der Waals surface area contributed by atoms with Gasteiger partial charge in [0.1, 0.15) is 0 Å². The summed E-state index contributed by atoms with van der Waals surface area (Å²) >= 11 is 0. The fraction of sp³-hybridized carbons (Fsp3) is 0.588. The number of hydrogen-bond acceptors (Lipinski definition) is 3. The second-order valence-electron chi connectivity index (χ2n) is 6.00. The largest absolute Gasteiger partial charge is 0.409 e. The molecule has 21 heavy (non-hydrogen) atoms. The Kier molecular flexibility index (Phi) is 6.05. The highest BCUT2D eigenvalue weighted by atomic mass is 16.4. The van der Waals surface area contributed by atoms with Crippen LogP contribution in [-0.2, 0) is 6.54 Å². The molecule has 0 saturated carbocycles. The topological polar surface area (TPSA) is 61.8 Å². The van der Waals surface area contributed by atoms with Crippen LogP contribution in [0, 0.1) is 5.92 Å². The first-order valence-electron chi connectivity index (χ1n) is 8.02. The fourth-order valence-corrected chi connectivity index (χ4v) is 3.28. The number of oxime groups is 1. The molecule has 116 valence electrons. The SMILES string of the molecule is CCCC1CCCN(Cc2ccccc2C(N)=NO)CC1. The number of benzene rings is 1. The van der Waals surface area contributed by atoms with Gasteiger partial charge in [-0.25, -0.2) is 0 Å². The lowest BCUT2D eigenvalue weighted by atomic mass is 9.96. The van der Waals surface area contributed by atoms with Gasteiger partial charge < -0.3 is 10.9 Å². The lowest BCUT2D eigenvalue weighted by Crippen LogP contribution is -2.26. The highest BCUT2D eigenvalue weighted by Crippen LogP contribution is 2.23. The molecule has 4 nitrogen and oxygen atoms in total. The molecule has 0 radical (unpaired) electrons. The monoisotopic (exact) mass is 289 g/mol. The summed E-state index contributed by atoms with van der Waals surface area (Å²) in [5.41, 5.74) is 7.76. The number of hydrogen-bond donors (Lipinski definition) is 2. The Hall–Kier alpha value is -1.55. The van der Waals surface area contributed by atoms with E-state index in [-0.39, 0.29) is 5.84 Å². The predicted octanol–water partition coefficient (Wildman–Crippen LogP) is 3.18. The van der Waals surface area contributed by atoms with Crippen molar-refractivity contribution in [2.24, 2.45) is 16.8 Å². The number of amidine groups is 1. The summed E-state index contributed by atoms with van der Waals surface area (Å²) in [4.78, 5) is 2.50. The molecule has 0 aliphatic carbocycles. The predicted molar refractivity (Wildman–Crippen MR) is 86.5 cm³/mol. The Labute approximate surface area is 127 Å². The van der Waals surface area contributed by atoms with Crippen LogP contribution in [0.4, 0.5) is 0 Å². The summed E-state index contributed by atoms with van der Waals surface area (Å²) in [6.45, 7) is 5.45. The molecule has 1 fully saturated rings. The maximum atomic E-state index is 8.91. The second-order valence-corrected chi connectivity index (χ2v) is 6.00. The molecule has 1 saturated heterocycles. The summed E-state index contributed by atoms with van der Waals surface area (Å²) in [5, 5.41) is 12.0. The van der Waals surface area contributed by atoms with Crippen LogP contribution in [0.15, 0.2) is 29.4 Å². The summed E-state index contributed by atoms with van der Waals surface area (Å²) in [5.74, 6) is 1.09. The summed E-state index contributed by atoms with van der Waals surface area (Å²) in [6, 6.07) is 7.93. The molecule has 0 aromatic heterocycles. The molecule has 1 atom stereocenters. The van der Waals surface area contributed by atoms with Crippen molar-refractivity contribution in [1.29, 1.82) is 0 Å². The van der Waals surface area contributed by atoms with Gasteiger partial charge in [-0.15, -0.1) is 0 Å². The number of rotatable bonds is 5. The first-order valence-corrected chi connectivity index (χ1v) is 8.02. The average molecular weight is 289 g/mol. The van der Waals surface area contributed by atoms with E-state index in [1.807, 2.05) is 18.2 Å². The van der Waals surface area contributed by atoms with Gasteiger partial charge in [0.25, 0.3) is 0 Å². The molecule has 0 spiro atoms. The molecule has 1 aliphatic heterocycles. The lowest BCUT2D eigenvalue weighted by Gasteiger charge is -2.21. The third-order valence-corrected chi connectivity index (χ3v) is 4.43. The van der Waals surface area contributed by atoms with Crippen molar-refractivity contribution >= 4 is 5.84 Å². The van der Waals surface area contributed by atoms with Crippen molar-refractivity contribution in [2.45, 2.75) is 45.6 Å². The van der Waals surface area contributed by atoms with Crippen LogP contribution < -0.4 is 5.73 Å². The minimum absolute atomic E-state index is 0.198. The normalized spacial score (nSPS) is 21.2. The van der Waals surface area contributed by atoms with Crippen molar-refractivity contribution in [3.63, 3.8) is 0 Å². The van der Waals surface area contributed by atoms with E-state index < -0.39 is 0 Å². The lowest BCUT2D eigenvalue weighted by molar-refractivity contribution is 0.271. The summed E-state index contributed by atoms with van der Waals surface area (Å²) in [7, 11) is 0. The Morgan fingerprint density at radius 2 is 2.14 bits per heavy atom. The van der Waals surface area contributed by atoms with E-state index in [0.29, 0.717) is 0 Å². The van der Waals surface area contributed by atoms with Crippen LogP contribution in [0.1, 0.15) is 50.2 Å². The highest BCUT2D eigenvalue weighted by Gasteiger charge is 2.17. The van der Waals surface area contributed by atoms with Gasteiger partial charge in [-0.1, -0.05) is 49.2 Å². The smallest absolute Gasteiger partial charge is 0.170 e. The Balaban J connectivity index is 2.02. The maximum absolute atomic E-state index is 8.91. The standard InChI is InChI=1S/C17H27N3O/c1-2-6-14-7-5-11-20(12-10-14)13-15-8-3-4-9-16(15)17(18)19-21/h3-4,8-9,14,21H,2,5-7,10-13H2,1H3,(H2,18,19). The van der Waals surface area contributed by atoms with E-state index in [2.05, 4.69) is 23.0 Å². The van der Waals surface area contributed by atoms with E-state index in [0.717, 1.165) is 36.7 Å². The zero-order valence-electron chi connectivity index (χ0n) is 13.0. The van der Waals surface area contributed by atoms with E-state index in [9.17, 15) is 0 Å². The van der Waals surface area contributed by atoms with Crippen LogP contribution in [0.25, 0.3) is 0 Å². The van der Waals surface area contributed by atoms with Gasteiger partial charge in [0, 0.05) is 12.1 Å². The zero-order chi connectivity index (χ0) is 15.1. The molecule has 1 unspecified atom stereocenters. The Morgan fingerprint density at radius 1 is 1.33 bits per heavy atom. The molecule has 1 aliphatic rings. The van der Waals surface area contributed by atoms with Gasteiger partial charge in [-0.2, -0.15) is 0 Å². The van der Waals surface area contributed by atoms with E-state index >= 15 is 0 Å². The van der Waals surface area contributed by atoms with Crippen LogP contribution >= 0.6 is 0 Å². The molecule has 2 rings (SSSR count). The van der Waals surface area contributed by atoms with Crippen molar-refractivity contribution in [3.8, 4) is 0 Å². The van der Waals surface area contributed by atoms with Crippen molar-refractivity contribution in [2.75, 3.05) is 13.1 Å². The second kappa shape index (κ2) is 8.03. The summed E-state index contributed by atoms with van der Waals surface area (Å²) < 4.78 is 0. The zero-order valence-corrected chi connectivity index (χ0v) is 13.0. The highest BCUT2D eigenvalue weighted by molar-refractivity contribution is 5.98. The van der Waals surface area contributed by atoms with Crippen LogP contribution in [0.3, 0.4) is 0 Å². The molecular weight excluding hydrogens is 262 g/mol. The molecule has 1 aromatic carbocycles. The van der Waals surface area contributed by atoms with Crippen LogP contribution in [0.2, 0.25) is 0 Å². The first kappa shape index (κ1) is 15.8. The van der Waals surface area contributed by atoms with E-state index in [4.69, 9.17) is 10.9 Å². The average Bonchev–Trinajstić information content (AvgIpc) is 2.73. The van der Waals surface area contributed by atoms with Crippen molar-refractivity contribution in [3.05, 3.63) is 35.4 Å². The van der Waals surface area contributed by atoms with Crippen molar-refractivity contribution < 1.29 is 5.21 Å². The molecule has 1 aromatic rings. The fourth-order valence-electron chi connectivity index (χ4n) is 3.28. The summed E-state index contributed by atoms with van der Waals surface area (Å²) in [6.07, 6.45) is 6.56. The quantitative estimate of drug-likeness (QED) is 0.379. The Morgan fingerprint density at radius 3 is 2.90 bits per heavy atom. The van der Waals surface area contributed by atoms with Gasteiger partial charge in [-0.3, -0.25) is 4.90 Å². The Bertz CT molecular complexity index is 473. The van der Waals surface area contributed by atoms with E-state index in [1.54, 1.807) is 0 Å². The van der Waals surface area contributed by atoms with E-state index in [1.165, 1.54) is 32.1 Å².